The van der Waals surface area contributed by atoms with Crippen molar-refractivity contribution in [1.29, 1.82) is 0 Å². The molecule has 1 saturated carbocycles. The van der Waals surface area contributed by atoms with Crippen LogP contribution in [0.25, 0.3) is 0 Å². The highest BCUT2D eigenvalue weighted by molar-refractivity contribution is 9.09. The van der Waals surface area contributed by atoms with Crippen LogP contribution in [-0.4, -0.2) is 27.7 Å². The summed E-state index contributed by atoms with van der Waals surface area (Å²) in [6.07, 6.45) is 7.07. The van der Waals surface area contributed by atoms with Crippen LogP contribution >= 0.6 is 15.9 Å². The first-order valence-corrected chi connectivity index (χ1v) is 7.85. The Hall–Kier alpha value is -1.37. The maximum Gasteiger partial charge on any atom is 0.287 e. The summed E-state index contributed by atoms with van der Waals surface area (Å²) in [6.45, 7) is 0.601. The highest BCUT2D eigenvalue weighted by atomic mass is 79.9. The van der Waals surface area contributed by atoms with E-state index in [0.717, 1.165) is 18.2 Å². The Bertz CT molecular complexity index is 495. The molecule has 0 atom stereocenters. The van der Waals surface area contributed by atoms with E-state index in [4.69, 9.17) is 0 Å². The molecule has 0 aromatic carbocycles. The van der Waals surface area contributed by atoms with Crippen molar-refractivity contribution >= 4 is 27.5 Å². The first-order chi connectivity index (χ1) is 9.56. The molecule has 20 heavy (non-hydrogen) atoms. The van der Waals surface area contributed by atoms with Gasteiger partial charge in [-0.05, 0) is 18.3 Å². The summed E-state index contributed by atoms with van der Waals surface area (Å²) < 4.78 is 0. The molecule has 1 heterocycles. The van der Waals surface area contributed by atoms with Crippen LogP contribution in [0.2, 0.25) is 0 Å². The van der Waals surface area contributed by atoms with Crippen LogP contribution in [-0.2, 0) is 0 Å². The number of alkyl halides is 1. The van der Waals surface area contributed by atoms with E-state index in [1.807, 2.05) is 0 Å². The maximum atomic E-state index is 12.0. The number of nitrogens with zero attached hydrogens (tertiary/aromatic N) is 1. The lowest BCUT2D eigenvalue weighted by Gasteiger charge is -2.35. The monoisotopic (exact) mass is 343 g/mol. The van der Waals surface area contributed by atoms with E-state index in [2.05, 4.69) is 26.2 Å². The Morgan fingerprint density at radius 2 is 2.15 bits per heavy atom. The summed E-state index contributed by atoms with van der Waals surface area (Å²) in [6, 6.07) is 1.26. The van der Waals surface area contributed by atoms with Gasteiger partial charge in [0, 0.05) is 17.9 Å². The number of carbonyl (C=O) groups is 1. The first-order valence-electron chi connectivity index (χ1n) is 6.73. The Morgan fingerprint density at radius 1 is 1.45 bits per heavy atom. The Balaban J connectivity index is 1.95. The van der Waals surface area contributed by atoms with Crippen molar-refractivity contribution in [2.75, 3.05) is 11.9 Å². The van der Waals surface area contributed by atoms with Crippen LogP contribution in [0.3, 0.4) is 0 Å². The second-order valence-corrected chi connectivity index (χ2v) is 5.97. The van der Waals surface area contributed by atoms with E-state index in [1.165, 1.54) is 31.5 Å². The van der Waals surface area contributed by atoms with Crippen LogP contribution in [0.5, 0.6) is 0 Å². The molecule has 0 aliphatic heterocycles. The van der Waals surface area contributed by atoms with Crippen molar-refractivity contribution in [3.8, 4) is 0 Å². The molecule has 110 valence electrons. The summed E-state index contributed by atoms with van der Waals surface area (Å²) in [5.41, 5.74) is 0.257. The van der Waals surface area contributed by atoms with Crippen LogP contribution in [0.1, 0.15) is 42.6 Å². The predicted octanol–water partition coefficient (Wildman–Crippen LogP) is 3.00. The van der Waals surface area contributed by atoms with Gasteiger partial charge < -0.3 is 10.3 Å². The van der Waals surface area contributed by atoms with Gasteiger partial charge in [-0.25, -0.2) is 0 Å². The molecule has 0 saturated heterocycles. The third kappa shape index (κ3) is 3.39. The SMILES string of the molecule is O=C(NCC1(CBr)CCCCC1)c1cc([N+](=O)[O-])c[nH]1. The molecule has 1 aromatic rings. The van der Waals surface area contributed by atoms with Gasteiger partial charge in [-0.3, -0.25) is 14.9 Å². The molecular weight excluding hydrogens is 326 g/mol. The number of hydrogen-bond acceptors (Lipinski definition) is 3. The summed E-state index contributed by atoms with van der Waals surface area (Å²) >= 11 is 3.55. The normalized spacial score (nSPS) is 17.6. The van der Waals surface area contributed by atoms with Gasteiger partial charge >= 0.3 is 0 Å². The zero-order chi connectivity index (χ0) is 14.6. The standard InChI is InChI=1S/C13H18BrN3O3/c14-8-13(4-2-1-3-5-13)9-16-12(18)11-6-10(7-15-11)17(19)20/h6-7,15H,1-5,8-9H2,(H,16,18). The number of aromatic amines is 1. The van der Waals surface area contributed by atoms with Crippen LogP contribution in [0, 0.1) is 15.5 Å². The first kappa shape index (κ1) is 15.0. The molecule has 6 nitrogen and oxygen atoms in total. The fraction of sp³-hybridized carbons (Fsp3) is 0.615. The molecule has 1 aromatic heterocycles. The van der Waals surface area contributed by atoms with Crippen molar-refractivity contribution < 1.29 is 9.72 Å². The van der Waals surface area contributed by atoms with E-state index in [1.54, 1.807) is 0 Å². The van der Waals surface area contributed by atoms with E-state index in [9.17, 15) is 14.9 Å². The average Bonchev–Trinajstić information content (AvgIpc) is 2.96. The lowest BCUT2D eigenvalue weighted by atomic mass is 9.75. The van der Waals surface area contributed by atoms with Gasteiger partial charge in [-0.1, -0.05) is 35.2 Å². The summed E-state index contributed by atoms with van der Waals surface area (Å²) in [4.78, 5) is 24.7. The zero-order valence-electron chi connectivity index (χ0n) is 11.2. The lowest BCUT2D eigenvalue weighted by molar-refractivity contribution is -0.384. The van der Waals surface area contributed by atoms with Crippen molar-refractivity contribution in [1.82, 2.24) is 10.3 Å². The quantitative estimate of drug-likeness (QED) is 0.489. The number of rotatable bonds is 5. The van der Waals surface area contributed by atoms with Gasteiger partial charge in [-0.15, -0.1) is 0 Å². The second kappa shape index (κ2) is 6.39. The molecule has 2 N–H and O–H groups in total. The largest absolute Gasteiger partial charge is 0.351 e. The topological polar surface area (TPSA) is 88.0 Å². The molecule has 1 fully saturated rings. The van der Waals surface area contributed by atoms with Gasteiger partial charge in [0.05, 0.1) is 11.1 Å². The Labute approximate surface area is 125 Å². The summed E-state index contributed by atoms with van der Waals surface area (Å²) in [5, 5.41) is 14.3. The molecule has 1 aliphatic rings. The second-order valence-electron chi connectivity index (χ2n) is 5.41. The summed E-state index contributed by atoms with van der Waals surface area (Å²) in [7, 11) is 0. The number of nitrogens with one attached hydrogen (secondary N) is 2. The minimum Gasteiger partial charge on any atom is -0.351 e. The van der Waals surface area contributed by atoms with E-state index < -0.39 is 4.92 Å². The third-order valence-electron chi connectivity index (χ3n) is 3.94. The van der Waals surface area contributed by atoms with Crippen LogP contribution < -0.4 is 5.32 Å². The van der Waals surface area contributed by atoms with E-state index in [0.29, 0.717) is 6.54 Å². The molecule has 7 heteroatoms. The smallest absolute Gasteiger partial charge is 0.287 e. The minimum atomic E-state index is -0.519. The predicted molar refractivity (Wildman–Crippen MR) is 79.1 cm³/mol. The van der Waals surface area contributed by atoms with Crippen LogP contribution in [0.15, 0.2) is 12.3 Å². The lowest BCUT2D eigenvalue weighted by Crippen LogP contribution is -2.40. The van der Waals surface area contributed by atoms with Crippen molar-refractivity contribution in [2.45, 2.75) is 32.1 Å². The number of carbonyl (C=O) groups excluding carboxylic acids is 1. The van der Waals surface area contributed by atoms with Gasteiger partial charge in [-0.2, -0.15) is 0 Å². The van der Waals surface area contributed by atoms with Crippen LogP contribution in [0.4, 0.5) is 5.69 Å². The average molecular weight is 344 g/mol. The number of hydrogen-bond donors (Lipinski definition) is 2. The van der Waals surface area contributed by atoms with Crippen molar-refractivity contribution in [2.24, 2.45) is 5.41 Å². The molecule has 0 spiro atoms. The van der Waals surface area contributed by atoms with Gasteiger partial charge in [0.15, 0.2) is 0 Å². The highest BCUT2D eigenvalue weighted by Crippen LogP contribution is 2.37. The maximum absolute atomic E-state index is 12.0. The minimum absolute atomic E-state index is 0.0944. The molecule has 0 unspecified atom stereocenters. The molecule has 1 aliphatic carbocycles. The number of nitro groups is 1. The number of amides is 1. The van der Waals surface area contributed by atoms with Crippen molar-refractivity contribution in [3.05, 3.63) is 28.1 Å². The number of H-pyrrole nitrogens is 1. The fourth-order valence-corrected chi connectivity index (χ4v) is 3.40. The highest BCUT2D eigenvalue weighted by Gasteiger charge is 2.31. The van der Waals surface area contributed by atoms with E-state index >= 15 is 0 Å². The summed E-state index contributed by atoms with van der Waals surface area (Å²) in [5.74, 6) is -0.288. The third-order valence-corrected chi connectivity index (χ3v) is 5.13. The van der Waals surface area contributed by atoms with E-state index in [-0.39, 0.29) is 22.7 Å². The fourth-order valence-electron chi connectivity index (χ4n) is 2.64. The molecule has 2 rings (SSSR count). The molecule has 0 bridgehead atoms. The molecule has 1 amide bonds. The number of aromatic nitrogens is 1. The van der Waals surface area contributed by atoms with Crippen molar-refractivity contribution in [3.63, 3.8) is 0 Å². The van der Waals surface area contributed by atoms with Gasteiger partial charge in [0.2, 0.25) is 0 Å². The zero-order valence-corrected chi connectivity index (χ0v) is 12.7. The molecular formula is C13H18BrN3O3. The Morgan fingerprint density at radius 3 is 2.70 bits per heavy atom. The Kier molecular flexibility index (Phi) is 4.80. The van der Waals surface area contributed by atoms with Gasteiger partial charge in [0.1, 0.15) is 5.69 Å². The van der Waals surface area contributed by atoms with Gasteiger partial charge in [0.25, 0.3) is 11.6 Å². The number of halogens is 1. The molecule has 0 radical (unpaired) electrons.